The molecule has 1 aromatic heterocycles. The van der Waals surface area contributed by atoms with Crippen molar-refractivity contribution in [1.82, 2.24) is 9.55 Å². The van der Waals surface area contributed by atoms with Gasteiger partial charge in [-0.2, -0.15) is 0 Å². The minimum absolute atomic E-state index is 0.577. The van der Waals surface area contributed by atoms with Gasteiger partial charge in [-0.15, -0.1) is 0 Å². The molecule has 12 heavy (non-hydrogen) atoms. The molecular weight excluding hydrogens is 218 g/mol. The van der Waals surface area contributed by atoms with Crippen LogP contribution in [0.25, 0.3) is 0 Å². The minimum Gasteiger partial charge on any atom is -0.369 e. The van der Waals surface area contributed by atoms with Crippen molar-refractivity contribution in [3.8, 4) is 0 Å². The minimum atomic E-state index is 0.577. The van der Waals surface area contributed by atoms with Crippen LogP contribution in [-0.2, 0) is 13.5 Å². The Hall–Kier alpha value is -0.510. The molecule has 0 aromatic carbocycles. The van der Waals surface area contributed by atoms with Gasteiger partial charge in [0.1, 0.15) is 4.60 Å². The summed E-state index contributed by atoms with van der Waals surface area (Å²) < 4.78 is 2.82. The summed E-state index contributed by atoms with van der Waals surface area (Å²) in [7, 11) is 1.94. The van der Waals surface area contributed by atoms with E-state index in [0.717, 1.165) is 11.0 Å². The zero-order valence-corrected chi connectivity index (χ0v) is 9.06. The Morgan fingerprint density at radius 3 is 2.67 bits per heavy atom. The Labute approximate surface area is 81.1 Å². The first-order chi connectivity index (χ1) is 5.66. The first-order valence-corrected chi connectivity index (χ1v) is 4.92. The average Bonchev–Trinajstić information content (AvgIpc) is 2.25. The van der Waals surface area contributed by atoms with Gasteiger partial charge in [0.2, 0.25) is 5.95 Å². The number of nitrogen functional groups attached to an aromatic ring is 1. The van der Waals surface area contributed by atoms with Gasteiger partial charge in [0.05, 0.1) is 5.69 Å². The Morgan fingerprint density at radius 1 is 1.58 bits per heavy atom. The van der Waals surface area contributed by atoms with Crippen LogP contribution in [0.2, 0.25) is 0 Å². The highest BCUT2D eigenvalue weighted by Gasteiger charge is 2.08. The molecular formula is C8H14BrN3. The topological polar surface area (TPSA) is 43.8 Å². The Bertz CT molecular complexity index is 268. The molecule has 4 heteroatoms. The van der Waals surface area contributed by atoms with Gasteiger partial charge in [-0.05, 0) is 28.8 Å². The summed E-state index contributed by atoms with van der Waals surface area (Å²) in [5, 5.41) is 0. The molecule has 1 aromatic rings. The summed E-state index contributed by atoms with van der Waals surface area (Å²) in [6, 6.07) is 0. The molecule has 3 nitrogen and oxygen atoms in total. The van der Waals surface area contributed by atoms with Gasteiger partial charge >= 0.3 is 0 Å². The lowest BCUT2D eigenvalue weighted by Crippen LogP contribution is -2.01. The summed E-state index contributed by atoms with van der Waals surface area (Å²) in [4.78, 5) is 4.12. The highest BCUT2D eigenvalue weighted by atomic mass is 79.9. The van der Waals surface area contributed by atoms with Crippen LogP contribution in [0, 0.1) is 0 Å². The molecule has 1 rings (SSSR count). The van der Waals surface area contributed by atoms with Crippen molar-refractivity contribution in [2.24, 2.45) is 7.05 Å². The summed E-state index contributed by atoms with van der Waals surface area (Å²) >= 11 is 3.39. The van der Waals surface area contributed by atoms with E-state index in [1.54, 1.807) is 0 Å². The maximum absolute atomic E-state index is 5.64. The van der Waals surface area contributed by atoms with Gasteiger partial charge < -0.3 is 10.3 Å². The van der Waals surface area contributed by atoms with Crippen LogP contribution in [0.5, 0.6) is 0 Å². The van der Waals surface area contributed by atoms with Crippen molar-refractivity contribution in [3.05, 3.63) is 10.3 Å². The maximum Gasteiger partial charge on any atom is 0.201 e. The van der Waals surface area contributed by atoms with E-state index >= 15 is 0 Å². The fourth-order valence-corrected chi connectivity index (χ4v) is 1.78. The van der Waals surface area contributed by atoms with E-state index in [1.165, 1.54) is 18.5 Å². The fourth-order valence-electron chi connectivity index (χ4n) is 1.13. The van der Waals surface area contributed by atoms with Crippen LogP contribution in [0.1, 0.15) is 25.5 Å². The molecule has 2 N–H and O–H groups in total. The molecule has 1 heterocycles. The van der Waals surface area contributed by atoms with Crippen LogP contribution >= 0.6 is 15.9 Å². The molecule has 0 saturated heterocycles. The van der Waals surface area contributed by atoms with Crippen molar-refractivity contribution in [3.63, 3.8) is 0 Å². The van der Waals surface area contributed by atoms with E-state index in [1.807, 2.05) is 11.6 Å². The van der Waals surface area contributed by atoms with Crippen LogP contribution in [-0.4, -0.2) is 9.55 Å². The van der Waals surface area contributed by atoms with E-state index in [4.69, 9.17) is 5.73 Å². The van der Waals surface area contributed by atoms with Crippen molar-refractivity contribution < 1.29 is 0 Å². The molecule has 0 bridgehead atoms. The standard InChI is InChI=1S/C8H14BrN3/c1-3-4-5-6-7(9)11-8(10)12(6)2/h3-5H2,1-2H3,(H2,10,11). The van der Waals surface area contributed by atoms with Crippen molar-refractivity contribution in [1.29, 1.82) is 0 Å². The second kappa shape index (κ2) is 3.94. The zero-order chi connectivity index (χ0) is 9.14. The quantitative estimate of drug-likeness (QED) is 0.867. The monoisotopic (exact) mass is 231 g/mol. The lowest BCUT2D eigenvalue weighted by molar-refractivity contribution is 0.734. The third-order valence-electron chi connectivity index (χ3n) is 1.97. The van der Waals surface area contributed by atoms with Gasteiger partial charge in [0.15, 0.2) is 0 Å². The molecule has 0 fully saturated rings. The molecule has 0 aliphatic rings. The average molecular weight is 232 g/mol. The lowest BCUT2D eigenvalue weighted by Gasteiger charge is -2.01. The first-order valence-electron chi connectivity index (χ1n) is 4.13. The van der Waals surface area contributed by atoms with Crippen molar-refractivity contribution >= 4 is 21.9 Å². The van der Waals surface area contributed by atoms with Gasteiger partial charge in [0, 0.05) is 7.05 Å². The van der Waals surface area contributed by atoms with Gasteiger partial charge in [0.25, 0.3) is 0 Å². The van der Waals surface area contributed by atoms with Gasteiger partial charge in [-0.1, -0.05) is 13.3 Å². The van der Waals surface area contributed by atoms with E-state index in [0.29, 0.717) is 5.95 Å². The molecule has 0 spiro atoms. The summed E-state index contributed by atoms with van der Waals surface area (Å²) in [5.74, 6) is 0.577. The molecule has 0 radical (unpaired) electrons. The van der Waals surface area contributed by atoms with E-state index in [9.17, 15) is 0 Å². The predicted molar refractivity (Wildman–Crippen MR) is 53.9 cm³/mol. The summed E-state index contributed by atoms with van der Waals surface area (Å²) in [6.07, 6.45) is 3.41. The number of aromatic nitrogens is 2. The lowest BCUT2D eigenvalue weighted by atomic mass is 10.2. The van der Waals surface area contributed by atoms with Gasteiger partial charge in [-0.3, -0.25) is 0 Å². The number of rotatable bonds is 3. The zero-order valence-electron chi connectivity index (χ0n) is 7.47. The first kappa shape index (κ1) is 9.58. The number of hydrogen-bond acceptors (Lipinski definition) is 2. The van der Waals surface area contributed by atoms with Crippen LogP contribution < -0.4 is 5.73 Å². The number of nitrogens with zero attached hydrogens (tertiary/aromatic N) is 2. The highest BCUT2D eigenvalue weighted by molar-refractivity contribution is 9.10. The molecule has 68 valence electrons. The molecule has 0 atom stereocenters. The molecule has 0 aliphatic carbocycles. The Balaban J connectivity index is 2.82. The maximum atomic E-state index is 5.64. The second-order valence-corrected chi connectivity index (χ2v) is 3.62. The fraction of sp³-hybridized carbons (Fsp3) is 0.625. The third-order valence-corrected chi connectivity index (χ3v) is 2.60. The molecule has 0 unspecified atom stereocenters. The second-order valence-electron chi connectivity index (χ2n) is 2.87. The van der Waals surface area contributed by atoms with Crippen molar-refractivity contribution in [2.75, 3.05) is 5.73 Å². The number of anilines is 1. The van der Waals surface area contributed by atoms with E-state index < -0.39 is 0 Å². The number of imidazole rings is 1. The Kier molecular flexibility index (Phi) is 3.14. The molecule has 0 saturated carbocycles. The molecule has 0 aliphatic heterocycles. The predicted octanol–water partition coefficient (Wildman–Crippen LogP) is 2.11. The summed E-state index contributed by atoms with van der Waals surface area (Å²) in [6.45, 7) is 2.17. The van der Waals surface area contributed by atoms with Crippen LogP contribution in [0.15, 0.2) is 4.60 Å². The SMILES string of the molecule is CCCCc1c(Br)nc(N)n1C. The number of nitrogens with two attached hydrogens (primary N) is 1. The summed E-state index contributed by atoms with van der Waals surface area (Å²) in [5.41, 5.74) is 6.82. The largest absolute Gasteiger partial charge is 0.369 e. The van der Waals surface area contributed by atoms with Crippen LogP contribution in [0.4, 0.5) is 5.95 Å². The number of unbranched alkanes of at least 4 members (excludes halogenated alkanes) is 1. The van der Waals surface area contributed by atoms with E-state index in [-0.39, 0.29) is 0 Å². The number of hydrogen-bond donors (Lipinski definition) is 1. The van der Waals surface area contributed by atoms with E-state index in [2.05, 4.69) is 27.8 Å². The third kappa shape index (κ3) is 1.80. The van der Waals surface area contributed by atoms with Gasteiger partial charge in [-0.25, -0.2) is 4.98 Å². The number of halogens is 1. The highest BCUT2D eigenvalue weighted by Crippen LogP contribution is 2.19. The van der Waals surface area contributed by atoms with Crippen LogP contribution in [0.3, 0.4) is 0 Å². The Morgan fingerprint density at radius 2 is 2.25 bits per heavy atom. The van der Waals surface area contributed by atoms with Crippen molar-refractivity contribution in [2.45, 2.75) is 26.2 Å². The smallest absolute Gasteiger partial charge is 0.201 e. The molecule has 0 amide bonds. The normalized spacial score (nSPS) is 10.6.